The molecule has 1 saturated carbocycles. The monoisotopic (exact) mass is 251 g/mol. The van der Waals surface area contributed by atoms with Gasteiger partial charge in [-0.1, -0.05) is 49.6 Å². The van der Waals surface area contributed by atoms with Crippen LogP contribution in [0.1, 0.15) is 37.7 Å². The normalized spacial score (nSPS) is 19.1. The van der Waals surface area contributed by atoms with Gasteiger partial charge in [0, 0.05) is 18.5 Å². The fourth-order valence-corrected chi connectivity index (χ4v) is 3.09. The summed E-state index contributed by atoms with van der Waals surface area (Å²) >= 11 is 6.10. The van der Waals surface area contributed by atoms with E-state index in [1.807, 2.05) is 0 Å². The van der Waals surface area contributed by atoms with Crippen LogP contribution in [0.3, 0.4) is 0 Å². The highest BCUT2D eigenvalue weighted by molar-refractivity contribution is 6.18. The molecule has 0 spiro atoms. The van der Waals surface area contributed by atoms with Crippen LogP contribution in [0.25, 0.3) is 0 Å². The smallest absolute Gasteiger partial charge is 0.0380 e. The Morgan fingerprint density at radius 1 is 1.12 bits per heavy atom. The van der Waals surface area contributed by atoms with Crippen LogP contribution in [-0.4, -0.2) is 11.9 Å². The molecule has 17 heavy (non-hydrogen) atoms. The molecule has 1 N–H and O–H groups in total. The van der Waals surface area contributed by atoms with E-state index in [1.54, 1.807) is 0 Å². The van der Waals surface area contributed by atoms with E-state index in [-0.39, 0.29) is 0 Å². The van der Waals surface area contributed by atoms with Gasteiger partial charge < -0.3 is 5.32 Å². The molecular weight excluding hydrogens is 230 g/mol. The van der Waals surface area contributed by atoms with Crippen LogP contribution in [0.2, 0.25) is 0 Å². The van der Waals surface area contributed by atoms with Crippen LogP contribution in [0.4, 0.5) is 0 Å². The van der Waals surface area contributed by atoms with Crippen LogP contribution < -0.4 is 5.32 Å². The second-order valence-electron chi connectivity index (χ2n) is 5.03. The highest BCUT2D eigenvalue weighted by Gasteiger charge is 2.22. The maximum absolute atomic E-state index is 6.10. The summed E-state index contributed by atoms with van der Waals surface area (Å²) in [4.78, 5) is 0. The first kappa shape index (κ1) is 12.9. The van der Waals surface area contributed by atoms with E-state index in [2.05, 4.69) is 35.6 Å². The summed E-state index contributed by atoms with van der Waals surface area (Å²) in [5.74, 6) is 1.52. The minimum Gasteiger partial charge on any atom is -0.308 e. The average molecular weight is 252 g/mol. The fourth-order valence-electron chi connectivity index (χ4n) is 2.73. The van der Waals surface area contributed by atoms with Crippen molar-refractivity contribution in [1.82, 2.24) is 5.32 Å². The fraction of sp³-hybridized carbons (Fsp3) is 0.600. The first-order valence-electron chi connectivity index (χ1n) is 6.73. The van der Waals surface area contributed by atoms with Crippen LogP contribution >= 0.6 is 11.6 Å². The van der Waals surface area contributed by atoms with Crippen LogP contribution in [0.15, 0.2) is 30.3 Å². The van der Waals surface area contributed by atoms with Crippen molar-refractivity contribution < 1.29 is 0 Å². The summed E-state index contributed by atoms with van der Waals surface area (Å²) in [6, 6.07) is 11.1. The third-order valence-electron chi connectivity index (χ3n) is 3.80. The number of hydrogen-bond donors (Lipinski definition) is 1. The third-order valence-corrected chi connectivity index (χ3v) is 4.13. The molecule has 94 valence electrons. The molecule has 1 fully saturated rings. The maximum Gasteiger partial charge on any atom is 0.0380 e. The largest absolute Gasteiger partial charge is 0.308 e. The molecule has 2 heteroatoms. The molecular formula is C15H22ClN. The lowest BCUT2D eigenvalue weighted by Crippen LogP contribution is -2.38. The number of benzene rings is 1. The Morgan fingerprint density at radius 2 is 1.82 bits per heavy atom. The van der Waals surface area contributed by atoms with E-state index in [0.29, 0.717) is 6.04 Å². The Balaban J connectivity index is 1.82. The first-order valence-corrected chi connectivity index (χ1v) is 7.27. The summed E-state index contributed by atoms with van der Waals surface area (Å²) in [7, 11) is 0. The molecule has 0 bridgehead atoms. The van der Waals surface area contributed by atoms with E-state index in [9.17, 15) is 0 Å². The molecule has 1 aromatic rings. The Bertz CT molecular complexity index is 306. The molecule has 0 aliphatic heterocycles. The second-order valence-corrected chi connectivity index (χ2v) is 5.33. The summed E-state index contributed by atoms with van der Waals surface area (Å²) < 4.78 is 0. The number of halogens is 1. The topological polar surface area (TPSA) is 12.0 Å². The molecule has 1 aromatic carbocycles. The summed E-state index contributed by atoms with van der Waals surface area (Å²) in [5, 5.41) is 3.62. The van der Waals surface area contributed by atoms with Crippen LogP contribution in [0, 0.1) is 5.92 Å². The van der Waals surface area contributed by atoms with E-state index in [4.69, 9.17) is 11.6 Å². The van der Waals surface area contributed by atoms with Gasteiger partial charge in [-0.2, -0.15) is 0 Å². The number of alkyl halides is 1. The minimum atomic E-state index is 0.483. The van der Waals surface area contributed by atoms with Gasteiger partial charge in [-0.05, 0) is 24.3 Å². The highest BCUT2D eigenvalue weighted by atomic mass is 35.5. The van der Waals surface area contributed by atoms with Gasteiger partial charge in [0.05, 0.1) is 0 Å². The van der Waals surface area contributed by atoms with Gasteiger partial charge >= 0.3 is 0 Å². The van der Waals surface area contributed by atoms with Crippen molar-refractivity contribution in [3.63, 3.8) is 0 Å². The third kappa shape index (κ3) is 4.01. The lowest BCUT2D eigenvalue weighted by molar-refractivity contribution is 0.283. The van der Waals surface area contributed by atoms with Gasteiger partial charge in [0.15, 0.2) is 0 Å². The SMILES string of the molecule is ClCC(NCc1ccccc1)C1CCCCC1. The highest BCUT2D eigenvalue weighted by Crippen LogP contribution is 2.27. The van der Waals surface area contributed by atoms with Crippen LogP contribution in [-0.2, 0) is 6.54 Å². The van der Waals surface area contributed by atoms with Crippen molar-refractivity contribution in [3.05, 3.63) is 35.9 Å². The molecule has 1 aliphatic carbocycles. The second kappa shape index (κ2) is 7.03. The molecule has 0 heterocycles. The van der Waals surface area contributed by atoms with Crippen molar-refractivity contribution in [3.8, 4) is 0 Å². The average Bonchev–Trinajstić information content (AvgIpc) is 2.42. The molecule has 1 aliphatic rings. The van der Waals surface area contributed by atoms with Gasteiger partial charge in [-0.25, -0.2) is 0 Å². The van der Waals surface area contributed by atoms with Gasteiger partial charge in [0.2, 0.25) is 0 Å². The van der Waals surface area contributed by atoms with Crippen molar-refractivity contribution in [2.45, 2.75) is 44.7 Å². The number of nitrogens with one attached hydrogen (secondary N) is 1. The molecule has 0 saturated heterocycles. The van der Waals surface area contributed by atoms with Gasteiger partial charge in [-0.15, -0.1) is 11.6 Å². The van der Waals surface area contributed by atoms with Gasteiger partial charge in [0.25, 0.3) is 0 Å². The molecule has 1 atom stereocenters. The zero-order valence-electron chi connectivity index (χ0n) is 10.4. The molecule has 0 aromatic heterocycles. The summed E-state index contributed by atoms with van der Waals surface area (Å²) in [6.07, 6.45) is 6.86. The molecule has 1 nitrogen and oxygen atoms in total. The Morgan fingerprint density at radius 3 is 2.47 bits per heavy atom. The lowest BCUT2D eigenvalue weighted by Gasteiger charge is -2.29. The number of hydrogen-bond acceptors (Lipinski definition) is 1. The van der Waals surface area contributed by atoms with Gasteiger partial charge in [-0.3, -0.25) is 0 Å². The predicted octanol–water partition coefficient (Wildman–Crippen LogP) is 3.96. The Labute approximate surface area is 110 Å². The Hall–Kier alpha value is -0.530. The van der Waals surface area contributed by atoms with Crippen LogP contribution in [0.5, 0.6) is 0 Å². The summed E-state index contributed by atoms with van der Waals surface area (Å²) in [5.41, 5.74) is 1.35. The maximum atomic E-state index is 6.10. The first-order chi connectivity index (χ1) is 8.40. The predicted molar refractivity (Wildman–Crippen MR) is 74.4 cm³/mol. The molecule has 1 unspecified atom stereocenters. The van der Waals surface area contributed by atoms with Crippen molar-refractivity contribution in [2.24, 2.45) is 5.92 Å². The number of rotatable bonds is 5. The summed E-state index contributed by atoms with van der Waals surface area (Å²) in [6.45, 7) is 0.939. The van der Waals surface area contributed by atoms with Gasteiger partial charge in [0.1, 0.15) is 0 Å². The van der Waals surface area contributed by atoms with E-state index < -0.39 is 0 Å². The minimum absolute atomic E-state index is 0.483. The zero-order valence-corrected chi connectivity index (χ0v) is 11.1. The Kier molecular flexibility index (Phi) is 5.34. The van der Waals surface area contributed by atoms with Crippen molar-refractivity contribution in [1.29, 1.82) is 0 Å². The lowest BCUT2D eigenvalue weighted by atomic mass is 9.84. The quantitative estimate of drug-likeness (QED) is 0.781. The standard InChI is InChI=1S/C15H22ClN/c16-11-15(14-9-5-2-6-10-14)17-12-13-7-3-1-4-8-13/h1,3-4,7-8,14-15,17H,2,5-6,9-12H2. The van der Waals surface area contributed by atoms with Crippen molar-refractivity contribution in [2.75, 3.05) is 5.88 Å². The van der Waals surface area contributed by atoms with E-state index in [1.165, 1.54) is 37.7 Å². The molecule has 0 radical (unpaired) electrons. The zero-order chi connectivity index (χ0) is 11.9. The molecule has 0 amide bonds. The molecule has 2 rings (SSSR count). The van der Waals surface area contributed by atoms with Crippen molar-refractivity contribution >= 4 is 11.6 Å². The van der Waals surface area contributed by atoms with E-state index >= 15 is 0 Å². The van der Waals surface area contributed by atoms with E-state index in [0.717, 1.165) is 18.3 Å².